The SMILES string of the molecule is C/C(=C/c1cc(C)c(/C=C(\c2ccccc2)c2ccc(C)s2)cc1C)c1ccccc1. The van der Waals surface area contributed by atoms with Gasteiger partial charge in [0.05, 0.1) is 0 Å². The molecule has 0 unspecified atom stereocenters. The van der Waals surface area contributed by atoms with Crippen LogP contribution in [0.25, 0.3) is 23.3 Å². The lowest BCUT2D eigenvalue weighted by Crippen LogP contribution is -1.91. The highest BCUT2D eigenvalue weighted by atomic mass is 32.1. The first kappa shape index (κ1) is 21.1. The van der Waals surface area contributed by atoms with Crippen molar-refractivity contribution in [2.24, 2.45) is 0 Å². The van der Waals surface area contributed by atoms with Gasteiger partial charge >= 0.3 is 0 Å². The summed E-state index contributed by atoms with van der Waals surface area (Å²) in [6.07, 6.45) is 4.65. The van der Waals surface area contributed by atoms with Gasteiger partial charge in [0.1, 0.15) is 0 Å². The van der Waals surface area contributed by atoms with E-state index in [9.17, 15) is 0 Å². The van der Waals surface area contributed by atoms with E-state index in [0.717, 1.165) is 0 Å². The topological polar surface area (TPSA) is 0 Å². The van der Waals surface area contributed by atoms with Gasteiger partial charge in [0.15, 0.2) is 0 Å². The predicted octanol–water partition coefficient (Wildman–Crippen LogP) is 8.82. The molecule has 4 rings (SSSR count). The molecule has 154 valence electrons. The van der Waals surface area contributed by atoms with Crippen LogP contribution in [0.15, 0.2) is 84.9 Å². The summed E-state index contributed by atoms with van der Waals surface area (Å²) in [6.45, 7) is 8.77. The Morgan fingerprint density at radius 3 is 1.74 bits per heavy atom. The van der Waals surface area contributed by atoms with Gasteiger partial charge in [-0.1, -0.05) is 78.9 Å². The van der Waals surface area contributed by atoms with E-state index in [4.69, 9.17) is 0 Å². The molecule has 0 nitrogen and oxygen atoms in total. The zero-order valence-corrected chi connectivity index (χ0v) is 19.5. The van der Waals surface area contributed by atoms with Gasteiger partial charge in [-0.15, -0.1) is 11.3 Å². The third kappa shape index (κ3) is 4.95. The Balaban J connectivity index is 1.77. The molecule has 0 N–H and O–H groups in total. The maximum Gasteiger partial charge on any atom is 0.0351 e. The number of benzene rings is 3. The van der Waals surface area contributed by atoms with Crippen LogP contribution in [0.4, 0.5) is 0 Å². The van der Waals surface area contributed by atoms with Crippen LogP contribution in [0, 0.1) is 20.8 Å². The molecule has 0 radical (unpaired) electrons. The molecule has 0 atom stereocenters. The summed E-state index contributed by atoms with van der Waals surface area (Å²) in [5.74, 6) is 0. The molecule has 0 amide bonds. The lowest BCUT2D eigenvalue weighted by molar-refractivity contribution is 1.35. The van der Waals surface area contributed by atoms with Crippen molar-refractivity contribution in [2.75, 3.05) is 0 Å². The maximum atomic E-state index is 2.35. The molecule has 0 fully saturated rings. The van der Waals surface area contributed by atoms with E-state index in [1.54, 1.807) is 0 Å². The summed E-state index contributed by atoms with van der Waals surface area (Å²) in [5.41, 5.74) is 10.2. The number of allylic oxidation sites excluding steroid dienone is 1. The first-order valence-corrected chi connectivity index (χ1v) is 11.5. The van der Waals surface area contributed by atoms with E-state index in [-0.39, 0.29) is 0 Å². The molecule has 0 saturated heterocycles. The largest absolute Gasteiger partial charge is 0.141 e. The van der Waals surface area contributed by atoms with Crippen LogP contribution >= 0.6 is 11.3 Å². The Kier molecular flexibility index (Phi) is 6.34. The Bertz CT molecular complexity index is 1240. The molecular formula is C30H28S. The van der Waals surface area contributed by atoms with E-state index in [1.807, 2.05) is 11.3 Å². The van der Waals surface area contributed by atoms with Crippen molar-refractivity contribution in [3.8, 4) is 0 Å². The first-order chi connectivity index (χ1) is 15.0. The van der Waals surface area contributed by atoms with Crippen LogP contribution in [-0.2, 0) is 0 Å². The average Bonchev–Trinajstić information content (AvgIpc) is 3.22. The van der Waals surface area contributed by atoms with Crippen molar-refractivity contribution < 1.29 is 0 Å². The lowest BCUT2D eigenvalue weighted by atomic mass is 9.94. The van der Waals surface area contributed by atoms with E-state index in [1.165, 1.54) is 54.3 Å². The summed E-state index contributed by atoms with van der Waals surface area (Å²) in [7, 11) is 0. The summed E-state index contributed by atoms with van der Waals surface area (Å²) in [6, 6.07) is 30.4. The third-order valence-corrected chi connectivity index (χ3v) is 6.68. The zero-order valence-electron chi connectivity index (χ0n) is 18.6. The van der Waals surface area contributed by atoms with E-state index in [0.29, 0.717) is 0 Å². The van der Waals surface area contributed by atoms with Crippen LogP contribution in [0.3, 0.4) is 0 Å². The fourth-order valence-electron chi connectivity index (χ4n) is 3.84. The zero-order chi connectivity index (χ0) is 21.8. The normalized spacial score (nSPS) is 12.3. The molecule has 1 heteroatoms. The molecule has 1 heterocycles. The lowest BCUT2D eigenvalue weighted by Gasteiger charge is -2.12. The van der Waals surface area contributed by atoms with Gasteiger partial charge in [-0.05, 0) is 90.4 Å². The highest BCUT2D eigenvalue weighted by Crippen LogP contribution is 2.32. The fraction of sp³-hybridized carbons (Fsp3) is 0.133. The number of aryl methyl sites for hydroxylation is 3. The molecule has 1 aromatic heterocycles. The van der Waals surface area contributed by atoms with Crippen molar-refractivity contribution in [3.63, 3.8) is 0 Å². The van der Waals surface area contributed by atoms with Crippen LogP contribution in [0.1, 0.15) is 50.1 Å². The van der Waals surface area contributed by atoms with E-state index >= 15 is 0 Å². The predicted molar refractivity (Wildman–Crippen MR) is 138 cm³/mol. The van der Waals surface area contributed by atoms with Crippen molar-refractivity contribution in [1.82, 2.24) is 0 Å². The summed E-state index contributed by atoms with van der Waals surface area (Å²) in [4.78, 5) is 2.64. The Hall–Kier alpha value is -3.16. The Labute approximate surface area is 190 Å². The minimum absolute atomic E-state index is 1.25. The first-order valence-electron chi connectivity index (χ1n) is 10.7. The van der Waals surface area contributed by atoms with E-state index < -0.39 is 0 Å². The molecule has 0 aliphatic carbocycles. The molecular weight excluding hydrogens is 392 g/mol. The van der Waals surface area contributed by atoms with Crippen molar-refractivity contribution in [2.45, 2.75) is 27.7 Å². The van der Waals surface area contributed by atoms with Crippen LogP contribution in [0.5, 0.6) is 0 Å². The van der Waals surface area contributed by atoms with Gasteiger partial charge in [0.2, 0.25) is 0 Å². The molecule has 0 aliphatic heterocycles. The Morgan fingerprint density at radius 2 is 1.19 bits per heavy atom. The highest BCUT2D eigenvalue weighted by Gasteiger charge is 2.10. The van der Waals surface area contributed by atoms with Gasteiger partial charge < -0.3 is 0 Å². The molecule has 4 aromatic rings. The Morgan fingerprint density at radius 1 is 0.645 bits per heavy atom. The second kappa shape index (κ2) is 9.32. The monoisotopic (exact) mass is 420 g/mol. The third-order valence-electron chi connectivity index (χ3n) is 5.65. The minimum Gasteiger partial charge on any atom is -0.141 e. The van der Waals surface area contributed by atoms with Crippen molar-refractivity contribution >= 4 is 34.6 Å². The quantitative estimate of drug-likeness (QED) is 0.283. The molecule has 3 aromatic carbocycles. The molecule has 0 saturated carbocycles. The summed E-state index contributed by atoms with van der Waals surface area (Å²) in [5, 5.41) is 0. The van der Waals surface area contributed by atoms with E-state index in [2.05, 4.69) is 125 Å². The van der Waals surface area contributed by atoms with Gasteiger partial charge in [-0.2, -0.15) is 0 Å². The van der Waals surface area contributed by atoms with Crippen LogP contribution in [0.2, 0.25) is 0 Å². The fourth-order valence-corrected chi connectivity index (χ4v) is 4.74. The summed E-state index contributed by atoms with van der Waals surface area (Å²) >= 11 is 1.85. The number of hydrogen-bond acceptors (Lipinski definition) is 1. The van der Waals surface area contributed by atoms with Crippen molar-refractivity contribution in [1.29, 1.82) is 0 Å². The van der Waals surface area contributed by atoms with Gasteiger partial charge in [-0.3, -0.25) is 0 Å². The average molecular weight is 421 g/mol. The second-order valence-corrected chi connectivity index (χ2v) is 9.38. The molecule has 0 aliphatic rings. The second-order valence-electron chi connectivity index (χ2n) is 8.09. The minimum atomic E-state index is 1.25. The molecule has 31 heavy (non-hydrogen) atoms. The smallest absolute Gasteiger partial charge is 0.0351 e. The van der Waals surface area contributed by atoms with Crippen LogP contribution < -0.4 is 0 Å². The highest BCUT2D eigenvalue weighted by molar-refractivity contribution is 7.13. The molecule has 0 spiro atoms. The number of hydrogen-bond donors (Lipinski definition) is 0. The van der Waals surface area contributed by atoms with Crippen molar-refractivity contribution in [3.05, 3.63) is 128 Å². The van der Waals surface area contributed by atoms with Gasteiger partial charge in [0, 0.05) is 9.75 Å². The van der Waals surface area contributed by atoms with Crippen LogP contribution in [-0.4, -0.2) is 0 Å². The number of thiophene rings is 1. The molecule has 0 bridgehead atoms. The van der Waals surface area contributed by atoms with Gasteiger partial charge in [-0.25, -0.2) is 0 Å². The maximum absolute atomic E-state index is 2.35. The number of rotatable bonds is 5. The van der Waals surface area contributed by atoms with Gasteiger partial charge in [0.25, 0.3) is 0 Å². The summed E-state index contributed by atoms with van der Waals surface area (Å²) < 4.78 is 0. The standard InChI is InChI=1S/C30H28S/c1-21(25-11-7-5-8-12-25)17-27-18-23(3)28(19-22(27)2)20-29(26-13-9-6-10-14-26)30-16-15-24(4)31-30/h5-20H,1-4H3/b21-17-,29-20+.